The van der Waals surface area contributed by atoms with Crippen molar-refractivity contribution in [2.24, 2.45) is 0 Å². The number of hydrogen-bond donors (Lipinski definition) is 1. The van der Waals surface area contributed by atoms with Gasteiger partial charge in [0.05, 0.1) is 0 Å². The fourth-order valence-corrected chi connectivity index (χ4v) is 2.02. The summed E-state index contributed by atoms with van der Waals surface area (Å²) >= 11 is 3.24. The normalized spacial score (nSPS) is 10.2. The first kappa shape index (κ1) is 15.2. The molecule has 108 valence electrons. The van der Waals surface area contributed by atoms with Crippen LogP contribution in [0.3, 0.4) is 0 Å². The first-order chi connectivity index (χ1) is 9.97. The Hall–Kier alpha value is -2.21. The minimum atomic E-state index is -1.08. The topological polar surface area (TPSA) is 70.5 Å². The Balaban J connectivity index is 2.35. The number of anilines is 1. The average Bonchev–Trinajstić information content (AvgIpc) is 2.46. The lowest BCUT2D eigenvalue weighted by atomic mass is 10.2. The molecule has 1 aromatic carbocycles. The van der Waals surface area contributed by atoms with Gasteiger partial charge in [-0.15, -0.1) is 0 Å². The van der Waals surface area contributed by atoms with E-state index in [0.717, 1.165) is 10.0 Å². The van der Waals surface area contributed by atoms with Gasteiger partial charge in [-0.1, -0.05) is 17.7 Å². The highest BCUT2D eigenvalue weighted by atomic mass is 79.9. The summed E-state index contributed by atoms with van der Waals surface area (Å²) in [6.45, 7) is 1.50. The molecule has 0 fully saturated rings. The average molecular weight is 349 g/mol. The molecule has 1 amide bonds. The molecule has 5 nitrogen and oxygen atoms in total. The predicted octanol–water partition coefficient (Wildman–Crippen LogP) is 2.88. The summed E-state index contributed by atoms with van der Waals surface area (Å²) in [4.78, 5) is 28.7. The van der Waals surface area contributed by atoms with Crippen LogP contribution in [0.2, 0.25) is 0 Å². The van der Waals surface area contributed by atoms with Crippen LogP contribution in [0.25, 0.3) is 0 Å². The van der Waals surface area contributed by atoms with Crippen LogP contribution in [-0.2, 0) is 4.79 Å². The first-order valence-corrected chi connectivity index (χ1v) is 6.98. The van der Waals surface area contributed by atoms with Gasteiger partial charge in [-0.2, -0.15) is 0 Å². The summed E-state index contributed by atoms with van der Waals surface area (Å²) < 4.78 is 0.749. The number of amides is 1. The number of aryl methyl sites for hydroxylation is 1. The van der Waals surface area contributed by atoms with Gasteiger partial charge in [0.1, 0.15) is 12.2 Å². The summed E-state index contributed by atoms with van der Waals surface area (Å²) in [6.07, 6.45) is 1.50. The van der Waals surface area contributed by atoms with Gasteiger partial charge in [-0.3, -0.25) is 14.5 Å². The Morgan fingerprint density at radius 1 is 1.19 bits per heavy atom. The lowest BCUT2D eigenvalue weighted by molar-refractivity contribution is -0.135. The van der Waals surface area contributed by atoms with Gasteiger partial charge < -0.3 is 5.11 Å². The lowest BCUT2D eigenvalue weighted by Crippen LogP contribution is -2.36. The zero-order valence-corrected chi connectivity index (χ0v) is 12.9. The standard InChI is InChI=1S/C15H13BrN2O3/c1-10-2-5-12(6-3-10)18(9-14(19)20)15(21)13-7-4-11(16)8-17-13/h2-8H,9H2,1H3,(H,19,20). The van der Waals surface area contributed by atoms with Gasteiger partial charge in [0.25, 0.3) is 5.91 Å². The molecule has 0 radical (unpaired) electrons. The third-order valence-corrected chi connectivity index (χ3v) is 3.30. The van der Waals surface area contributed by atoms with Crippen LogP contribution in [0.4, 0.5) is 5.69 Å². The molecule has 2 aromatic rings. The second-order valence-electron chi connectivity index (χ2n) is 4.48. The highest BCUT2D eigenvalue weighted by Gasteiger charge is 2.21. The Kier molecular flexibility index (Phi) is 4.70. The minimum Gasteiger partial charge on any atom is -0.480 e. The molecule has 1 N–H and O–H groups in total. The van der Waals surface area contributed by atoms with Crippen molar-refractivity contribution >= 4 is 33.5 Å². The fraction of sp³-hybridized carbons (Fsp3) is 0.133. The van der Waals surface area contributed by atoms with Crippen LogP contribution in [0.15, 0.2) is 47.1 Å². The van der Waals surface area contributed by atoms with E-state index in [1.165, 1.54) is 11.1 Å². The number of aliphatic carboxylic acids is 1. The van der Waals surface area contributed by atoms with Crippen LogP contribution >= 0.6 is 15.9 Å². The highest BCUT2D eigenvalue weighted by molar-refractivity contribution is 9.10. The Morgan fingerprint density at radius 2 is 1.86 bits per heavy atom. The maximum Gasteiger partial charge on any atom is 0.323 e. The second-order valence-corrected chi connectivity index (χ2v) is 5.40. The summed E-state index contributed by atoms with van der Waals surface area (Å²) in [7, 11) is 0. The summed E-state index contributed by atoms with van der Waals surface area (Å²) in [5.41, 5.74) is 1.75. The number of benzene rings is 1. The van der Waals surface area contributed by atoms with Crippen molar-refractivity contribution in [2.75, 3.05) is 11.4 Å². The molecule has 0 aliphatic carbocycles. The molecule has 0 saturated carbocycles. The summed E-state index contributed by atoms with van der Waals surface area (Å²) in [6, 6.07) is 10.3. The van der Waals surface area contributed by atoms with Crippen LogP contribution in [-0.4, -0.2) is 28.5 Å². The number of rotatable bonds is 4. The van der Waals surface area contributed by atoms with Crippen molar-refractivity contribution < 1.29 is 14.7 Å². The van der Waals surface area contributed by atoms with Gasteiger partial charge in [0.15, 0.2) is 0 Å². The zero-order valence-electron chi connectivity index (χ0n) is 11.3. The third kappa shape index (κ3) is 3.88. The van der Waals surface area contributed by atoms with E-state index in [2.05, 4.69) is 20.9 Å². The number of pyridine rings is 1. The smallest absolute Gasteiger partial charge is 0.323 e. The molecule has 1 aromatic heterocycles. The second kappa shape index (κ2) is 6.49. The number of aromatic nitrogens is 1. The van der Waals surface area contributed by atoms with E-state index in [4.69, 9.17) is 5.11 Å². The maximum absolute atomic E-state index is 12.5. The molecule has 0 aliphatic rings. The van der Waals surface area contributed by atoms with E-state index in [9.17, 15) is 9.59 Å². The summed E-state index contributed by atoms with van der Waals surface area (Å²) in [5, 5.41) is 9.02. The van der Waals surface area contributed by atoms with E-state index in [0.29, 0.717) is 5.69 Å². The Bertz CT molecular complexity index is 654. The van der Waals surface area contributed by atoms with Crippen LogP contribution in [0.5, 0.6) is 0 Å². The Morgan fingerprint density at radius 3 is 2.38 bits per heavy atom. The lowest BCUT2D eigenvalue weighted by Gasteiger charge is -2.20. The number of halogens is 1. The van der Waals surface area contributed by atoms with Crippen molar-refractivity contribution in [1.29, 1.82) is 0 Å². The van der Waals surface area contributed by atoms with Crippen molar-refractivity contribution in [1.82, 2.24) is 4.98 Å². The molecule has 0 bridgehead atoms. The van der Waals surface area contributed by atoms with Crippen LogP contribution in [0.1, 0.15) is 16.1 Å². The van der Waals surface area contributed by atoms with Crippen LogP contribution in [0, 0.1) is 6.92 Å². The zero-order chi connectivity index (χ0) is 15.4. The van der Waals surface area contributed by atoms with Gasteiger partial charge in [0.2, 0.25) is 0 Å². The monoisotopic (exact) mass is 348 g/mol. The van der Waals surface area contributed by atoms with Crippen molar-refractivity contribution in [3.05, 3.63) is 58.3 Å². The molecule has 6 heteroatoms. The molecule has 0 saturated heterocycles. The maximum atomic E-state index is 12.5. The number of carboxylic acids is 1. The molecule has 21 heavy (non-hydrogen) atoms. The van der Waals surface area contributed by atoms with Gasteiger partial charge in [0, 0.05) is 16.4 Å². The molecular formula is C15H13BrN2O3. The Labute approximate surface area is 130 Å². The van der Waals surface area contributed by atoms with Gasteiger partial charge >= 0.3 is 5.97 Å². The van der Waals surface area contributed by atoms with Gasteiger partial charge in [-0.05, 0) is 47.1 Å². The van der Waals surface area contributed by atoms with Crippen LogP contribution < -0.4 is 4.90 Å². The van der Waals surface area contributed by atoms with Crippen molar-refractivity contribution in [3.63, 3.8) is 0 Å². The quantitative estimate of drug-likeness (QED) is 0.922. The number of carbonyl (C=O) groups is 2. The van der Waals surface area contributed by atoms with E-state index < -0.39 is 18.4 Å². The minimum absolute atomic E-state index is 0.194. The number of carbonyl (C=O) groups excluding carboxylic acids is 1. The molecule has 0 aliphatic heterocycles. The molecular weight excluding hydrogens is 336 g/mol. The molecule has 2 rings (SSSR count). The largest absolute Gasteiger partial charge is 0.480 e. The van der Waals surface area contributed by atoms with E-state index in [-0.39, 0.29) is 5.69 Å². The molecule has 0 spiro atoms. The molecule has 0 unspecified atom stereocenters. The fourth-order valence-electron chi connectivity index (χ4n) is 1.78. The first-order valence-electron chi connectivity index (χ1n) is 6.19. The number of nitrogens with zero attached hydrogens (tertiary/aromatic N) is 2. The van der Waals surface area contributed by atoms with E-state index >= 15 is 0 Å². The molecule has 0 atom stereocenters. The van der Waals surface area contributed by atoms with Crippen molar-refractivity contribution in [2.45, 2.75) is 6.92 Å². The van der Waals surface area contributed by atoms with E-state index in [1.54, 1.807) is 24.3 Å². The third-order valence-electron chi connectivity index (χ3n) is 2.83. The molecule has 1 heterocycles. The summed E-state index contributed by atoms with van der Waals surface area (Å²) in [5.74, 6) is -1.53. The highest BCUT2D eigenvalue weighted by Crippen LogP contribution is 2.18. The number of hydrogen-bond acceptors (Lipinski definition) is 3. The SMILES string of the molecule is Cc1ccc(N(CC(=O)O)C(=O)c2ccc(Br)cn2)cc1. The van der Waals surface area contributed by atoms with Gasteiger partial charge in [-0.25, -0.2) is 4.98 Å². The van der Waals surface area contributed by atoms with E-state index in [1.807, 2.05) is 19.1 Å². The number of carboxylic acid groups (broad SMARTS) is 1. The van der Waals surface area contributed by atoms with Crippen molar-refractivity contribution in [3.8, 4) is 0 Å². The predicted molar refractivity (Wildman–Crippen MR) is 82.4 cm³/mol.